The van der Waals surface area contributed by atoms with Gasteiger partial charge in [-0.15, -0.1) is 4.80 Å². The van der Waals surface area contributed by atoms with Crippen LogP contribution < -0.4 is 20.1 Å². The summed E-state index contributed by atoms with van der Waals surface area (Å²) in [5, 5.41) is 14.1. The highest BCUT2D eigenvalue weighted by Gasteiger charge is 2.39. The molecule has 4 heterocycles. The Morgan fingerprint density at radius 2 is 1.53 bits per heavy atom. The lowest BCUT2D eigenvalue weighted by molar-refractivity contribution is -0.136. The number of carbonyl (C=O) groups is 3. The molecular weight excluding hydrogens is 646 g/mol. The third kappa shape index (κ3) is 6.52. The lowest BCUT2D eigenvalue weighted by Gasteiger charge is -2.36. The molecule has 2 aromatic heterocycles. The Morgan fingerprint density at radius 3 is 2.20 bits per heavy atom. The van der Waals surface area contributed by atoms with Crippen molar-refractivity contribution in [2.75, 3.05) is 5.32 Å². The molecule has 3 aromatic carbocycles. The van der Waals surface area contributed by atoms with Gasteiger partial charge in [-0.3, -0.25) is 19.7 Å². The number of hydrogen-bond acceptors (Lipinski definition) is 9. The average molecular weight is 684 g/mol. The van der Waals surface area contributed by atoms with E-state index in [0.717, 1.165) is 41.2 Å². The largest absolute Gasteiger partial charge is 0.490 e. The maximum Gasteiger partial charge on any atom is 0.255 e. The smallest absolute Gasteiger partial charge is 0.255 e. The Hall–Kier alpha value is -6.04. The summed E-state index contributed by atoms with van der Waals surface area (Å²) in [6.07, 6.45) is 7.30. The average Bonchev–Trinajstić information content (AvgIpc) is 3.77. The number of carbonyl (C=O) groups excluding carboxylic acids is 3. The van der Waals surface area contributed by atoms with Crippen LogP contribution in [0.5, 0.6) is 17.2 Å². The Morgan fingerprint density at radius 1 is 0.843 bits per heavy atom. The number of imide groups is 1. The van der Waals surface area contributed by atoms with E-state index in [1.54, 1.807) is 23.5 Å². The minimum absolute atomic E-state index is 0.113. The number of pyridine rings is 1. The van der Waals surface area contributed by atoms with Crippen LogP contribution in [0.15, 0.2) is 97.5 Å². The van der Waals surface area contributed by atoms with Crippen molar-refractivity contribution >= 4 is 23.4 Å². The fourth-order valence-electron chi connectivity index (χ4n) is 6.95. The molecule has 0 radical (unpaired) electrons. The van der Waals surface area contributed by atoms with E-state index in [1.165, 1.54) is 10.4 Å². The van der Waals surface area contributed by atoms with E-state index in [-0.39, 0.29) is 35.8 Å². The predicted molar refractivity (Wildman–Crippen MR) is 188 cm³/mol. The maximum atomic E-state index is 13.0. The van der Waals surface area contributed by atoms with Gasteiger partial charge in [0.15, 0.2) is 5.82 Å². The molecule has 1 saturated carbocycles. The standard InChI is InChI=1S/C39H37N7O5/c1-39(2,25-3-8-29(9-4-25)50-31-12-15-35(40-22-31)46-41-17-18-42-46)26-5-10-30(11-6-26)51-32-20-28(21-32)43-27-7-13-33-24(19-27)23-45(38(33)49)34-14-16-36(47)44-37(34)48/h3-13,15,17-19,22,28,32,34,43H,14,16,20-21,23H2,1-2H3,(H,44,47,48). The number of benzene rings is 3. The molecule has 2 N–H and O–H groups in total. The SMILES string of the molecule is CC(C)(c1ccc(Oc2ccc(-n3nccn3)nc2)cc1)c1ccc(OC2CC(Nc3ccc4c(c3)CN(C3CCC(=O)NC3=O)C4=O)C2)cc1. The zero-order valence-electron chi connectivity index (χ0n) is 28.3. The van der Waals surface area contributed by atoms with Gasteiger partial charge in [0.2, 0.25) is 11.8 Å². The van der Waals surface area contributed by atoms with Gasteiger partial charge in [0.25, 0.3) is 5.91 Å². The fraction of sp³-hybridized carbons (Fsp3) is 0.282. The molecular formula is C39H37N7O5. The number of nitrogens with zero attached hydrogens (tertiary/aromatic N) is 5. The predicted octanol–water partition coefficient (Wildman–Crippen LogP) is 5.56. The van der Waals surface area contributed by atoms with Gasteiger partial charge in [0, 0.05) is 48.5 Å². The molecule has 8 rings (SSSR count). The van der Waals surface area contributed by atoms with Crippen LogP contribution >= 0.6 is 0 Å². The summed E-state index contributed by atoms with van der Waals surface area (Å²) in [7, 11) is 0. The molecule has 1 unspecified atom stereocenters. The summed E-state index contributed by atoms with van der Waals surface area (Å²) in [4.78, 5) is 44.3. The molecule has 1 atom stereocenters. The zero-order chi connectivity index (χ0) is 35.1. The molecule has 51 heavy (non-hydrogen) atoms. The highest BCUT2D eigenvalue weighted by molar-refractivity contribution is 6.05. The molecule has 2 aliphatic heterocycles. The molecule has 5 aromatic rings. The Kier molecular flexibility index (Phi) is 8.21. The fourth-order valence-corrected chi connectivity index (χ4v) is 6.95. The molecule has 2 fully saturated rings. The van der Waals surface area contributed by atoms with Gasteiger partial charge >= 0.3 is 0 Å². The number of rotatable bonds is 10. The first-order valence-corrected chi connectivity index (χ1v) is 17.1. The van der Waals surface area contributed by atoms with Crippen LogP contribution in [0.2, 0.25) is 0 Å². The van der Waals surface area contributed by atoms with E-state index in [9.17, 15) is 14.4 Å². The first kappa shape index (κ1) is 32.2. The van der Waals surface area contributed by atoms with Crippen LogP contribution in [0.4, 0.5) is 5.69 Å². The zero-order valence-corrected chi connectivity index (χ0v) is 28.3. The van der Waals surface area contributed by atoms with E-state index in [4.69, 9.17) is 9.47 Å². The number of ether oxygens (including phenoxy) is 2. The second kappa shape index (κ2) is 13.0. The topological polar surface area (TPSA) is 141 Å². The maximum absolute atomic E-state index is 13.0. The van der Waals surface area contributed by atoms with Gasteiger partial charge in [-0.1, -0.05) is 38.1 Å². The summed E-state index contributed by atoms with van der Waals surface area (Å²) in [5.41, 5.74) is 4.54. The first-order valence-electron chi connectivity index (χ1n) is 17.1. The third-order valence-electron chi connectivity index (χ3n) is 10.0. The number of piperidine rings is 1. The molecule has 0 bridgehead atoms. The van der Waals surface area contributed by atoms with Crippen LogP contribution in [0.1, 0.15) is 66.6 Å². The normalized spacial score (nSPS) is 20.0. The van der Waals surface area contributed by atoms with Gasteiger partial charge in [-0.05, 0) is 77.7 Å². The summed E-state index contributed by atoms with van der Waals surface area (Å²) >= 11 is 0. The Balaban J connectivity index is 0.821. The number of aromatic nitrogens is 4. The van der Waals surface area contributed by atoms with Crippen LogP contribution in [-0.2, 0) is 21.5 Å². The number of amides is 3. The van der Waals surface area contributed by atoms with Crippen molar-refractivity contribution in [3.63, 3.8) is 0 Å². The van der Waals surface area contributed by atoms with Crippen molar-refractivity contribution in [1.82, 2.24) is 30.2 Å². The molecule has 3 aliphatic rings. The van der Waals surface area contributed by atoms with Crippen LogP contribution in [0.25, 0.3) is 5.82 Å². The van der Waals surface area contributed by atoms with Crippen molar-refractivity contribution < 1.29 is 23.9 Å². The molecule has 0 spiro atoms. The molecule has 12 nitrogen and oxygen atoms in total. The quantitative estimate of drug-likeness (QED) is 0.181. The Labute approximate surface area is 294 Å². The highest BCUT2D eigenvalue weighted by Crippen LogP contribution is 2.36. The van der Waals surface area contributed by atoms with Crippen molar-refractivity contribution in [2.24, 2.45) is 0 Å². The van der Waals surface area contributed by atoms with Crippen molar-refractivity contribution in [1.29, 1.82) is 0 Å². The highest BCUT2D eigenvalue weighted by atomic mass is 16.5. The molecule has 12 heteroatoms. The number of fused-ring (bicyclic) bond motifs is 1. The van der Waals surface area contributed by atoms with Crippen LogP contribution in [0.3, 0.4) is 0 Å². The van der Waals surface area contributed by atoms with Gasteiger partial charge in [-0.2, -0.15) is 10.2 Å². The van der Waals surface area contributed by atoms with Crippen LogP contribution in [0, 0.1) is 0 Å². The molecule has 1 saturated heterocycles. The van der Waals surface area contributed by atoms with Gasteiger partial charge < -0.3 is 19.7 Å². The van der Waals surface area contributed by atoms with E-state index >= 15 is 0 Å². The molecule has 1 aliphatic carbocycles. The third-order valence-corrected chi connectivity index (χ3v) is 10.0. The van der Waals surface area contributed by atoms with Gasteiger partial charge in [0.05, 0.1) is 18.6 Å². The molecule has 258 valence electrons. The summed E-state index contributed by atoms with van der Waals surface area (Å²) in [5.74, 6) is 1.95. The number of anilines is 1. The van der Waals surface area contributed by atoms with Crippen molar-refractivity contribution in [2.45, 2.75) is 69.7 Å². The monoisotopic (exact) mass is 683 g/mol. The van der Waals surface area contributed by atoms with Crippen LogP contribution in [-0.4, -0.2) is 60.8 Å². The summed E-state index contributed by atoms with van der Waals surface area (Å²) < 4.78 is 12.3. The second-order valence-corrected chi connectivity index (χ2v) is 13.8. The van der Waals surface area contributed by atoms with E-state index in [1.807, 2.05) is 54.6 Å². The number of hydrogen-bond donors (Lipinski definition) is 2. The van der Waals surface area contributed by atoms with Gasteiger partial charge in [0.1, 0.15) is 29.4 Å². The lowest BCUT2D eigenvalue weighted by atomic mass is 9.78. The van der Waals surface area contributed by atoms with Crippen molar-refractivity contribution in [3.05, 3.63) is 120 Å². The first-order chi connectivity index (χ1) is 24.7. The summed E-state index contributed by atoms with van der Waals surface area (Å²) in [6.45, 7) is 4.76. The minimum Gasteiger partial charge on any atom is -0.490 e. The van der Waals surface area contributed by atoms with E-state index in [2.05, 4.69) is 63.9 Å². The molecule has 3 amide bonds. The van der Waals surface area contributed by atoms with E-state index in [0.29, 0.717) is 30.1 Å². The minimum atomic E-state index is -0.614. The lowest BCUT2D eigenvalue weighted by Crippen LogP contribution is -2.52. The summed E-state index contributed by atoms with van der Waals surface area (Å²) in [6, 6.07) is 25.5. The van der Waals surface area contributed by atoms with Crippen molar-refractivity contribution in [3.8, 4) is 23.1 Å². The van der Waals surface area contributed by atoms with E-state index < -0.39 is 11.9 Å². The van der Waals surface area contributed by atoms with Gasteiger partial charge in [-0.25, -0.2) is 4.98 Å². The number of nitrogens with one attached hydrogen (secondary N) is 2. The second-order valence-electron chi connectivity index (χ2n) is 13.8. The Bertz CT molecular complexity index is 2070.